The second-order valence-corrected chi connectivity index (χ2v) is 10.4. The van der Waals surface area contributed by atoms with Crippen molar-refractivity contribution in [3.63, 3.8) is 0 Å². The molecule has 1 saturated heterocycles. The lowest BCUT2D eigenvalue weighted by Crippen LogP contribution is -2.40. The number of hydrogen-bond donors (Lipinski definition) is 0. The van der Waals surface area contributed by atoms with E-state index in [1.54, 1.807) is 12.1 Å². The van der Waals surface area contributed by atoms with E-state index in [1.807, 2.05) is 30.9 Å². The summed E-state index contributed by atoms with van der Waals surface area (Å²) in [6.07, 6.45) is 4.24. The Labute approximate surface area is 168 Å². The minimum absolute atomic E-state index is 0.0715. The largest absolute Gasteiger partial charge is 0.447 e. The predicted octanol–water partition coefficient (Wildman–Crippen LogP) is 3.50. The first-order valence-electron chi connectivity index (χ1n) is 10.1. The van der Waals surface area contributed by atoms with Crippen molar-refractivity contribution >= 4 is 15.9 Å². The molecule has 3 rings (SSSR count). The molecule has 2 fully saturated rings. The molecule has 2 aliphatic rings. The highest BCUT2D eigenvalue weighted by Gasteiger charge is 2.44. The molecule has 0 bridgehead atoms. The molecule has 2 unspecified atom stereocenters. The first kappa shape index (κ1) is 21.1. The van der Waals surface area contributed by atoms with Gasteiger partial charge in [-0.05, 0) is 68.6 Å². The Balaban J connectivity index is 1.35. The van der Waals surface area contributed by atoms with Crippen LogP contribution in [-0.4, -0.2) is 51.5 Å². The third-order valence-electron chi connectivity index (χ3n) is 5.67. The van der Waals surface area contributed by atoms with E-state index in [1.165, 1.54) is 12.7 Å². The van der Waals surface area contributed by atoms with Gasteiger partial charge in [0, 0.05) is 19.3 Å². The van der Waals surface area contributed by atoms with E-state index < -0.39 is 9.84 Å². The van der Waals surface area contributed by atoms with Gasteiger partial charge in [0.2, 0.25) is 0 Å². The number of rotatable bonds is 7. The monoisotopic (exact) mass is 409 g/mol. The van der Waals surface area contributed by atoms with Gasteiger partial charge < -0.3 is 14.4 Å². The Morgan fingerprint density at radius 1 is 1.18 bits per heavy atom. The molecule has 1 aliphatic carbocycles. The van der Waals surface area contributed by atoms with Gasteiger partial charge in [0.15, 0.2) is 9.84 Å². The molecule has 2 atom stereocenters. The number of ether oxygens (including phenoxy) is 2. The van der Waals surface area contributed by atoms with Gasteiger partial charge in [-0.2, -0.15) is 0 Å². The van der Waals surface area contributed by atoms with Gasteiger partial charge in [0.25, 0.3) is 0 Å². The van der Waals surface area contributed by atoms with Crippen LogP contribution in [0.3, 0.4) is 0 Å². The smallest absolute Gasteiger partial charge is 0.410 e. The van der Waals surface area contributed by atoms with Crippen LogP contribution in [0.15, 0.2) is 29.2 Å². The normalized spacial score (nSPS) is 23.1. The van der Waals surface area contributed by atoms with E-state index >= 15 is 0 Å². The molecular formula is C21H31NO5S. The number of nitrogens with zero attached hydrogens (tertiary/aromatic N) is 1. The number of carbonyl (C=O) groups excluding carboxylic acids is 1. The van der Waals surface area contributed by atoms with E-state index in [0.717, 1.165) is 38.1 Å². The average Bonchev–Trinajstić information content (AvgIpc) is 3.40. The summed E-state index contributed by atoms with van der Waals surface area (Å²) in [5.74, 6) is 1.98. The fraction of sp³-hybridized carbons (Fsp3) is 0.667. The van der Waals surface area contributed by atoms with Gasteiger partial charge >= 0.3 is 6.09 Å². The molecule has 156 valence electrons. The second kappa shape index (κ2) is 8.82. The molecule has 1 aromatic rings. The number of sulfone groups is 1. The quantitative estimate of drug-likeness (QED) is 0.689. The SMILES string of the molecule is CC(C)OC(=O)N1CCC(C2CC2COCc2ccc(S(C)(=O)=O)cc2)CC1. The fourth-order valence-electron chi connectivity index (χ4n) is 3.99. The summed E-state index contributed by atoms with van der Waals surface area (Å²) >= 11 is 0. The van der Waals surface area contributed by atoms with E-state index in [2.05, 4.69) is 0 Å². The summed E-state index contributed by atoms with van der Waals surface area (Å²) in [5.41, 5.74) is 0.988. The average molecular weight is 410 g/mol. The van der Waals surface area contributed by atoms with Crippen LogP contribution in [-0.2, 0) is 25.9 Å². The molecule has 0 N–H and O–H groups in total. The highest BCUT2D eigenvalue weighted by Crippen LogP contribution is 2.48. The van der Waals surface area contributed by atoms with Crippen LogP contribution >= 0.6 is 0 Å². The fourth-order valence-corrected chi connectivity index (χ4v) is 4.62. The summed E-state index contributed by atoms with van der Waals surface area (Å²) < 4.78 is 34.1. The Morgan fingerprint density at radius 3 is 2.39 bits per heavy atom. The molecule has 1 aliphatic heterocycles. The third-order valence-corrected chi connectivity index (χ3v) is 6.80. The number of amides is 1. The molecule has 1 aromatic carbocycles. The highest BCUT2D eigenvalue weighted by atomic mass is 32.2. The molecule has 6 nitrogen and oxygen atoms in total. The Hall–Kier alpha value is -1.60. The summed E-state index contributed by atoms with van der Waals surface area (Å²) in [6, 6.07) is 6.89. The van der Waals surface area contributed by atoms with Gasteiger partial charge in [-0.25, -0.2) is 13.2 Å². The summed E-state index contributed by atoms with van der Waals surface area (Å²) in [7, 11) is -3.15. The Bertz CT molecular complexity index is 766. The molecule has 0 spiro atoms. The lowest BCUT2D eigenvalue weighted by Gasteiger charge is -2.32. The lowest BCUT2D eigenvalue weighted by atomic mass is 9.91. The maximum Gasteiger partial charge on any atom is 0.410 e. The van der Waals surface area contributed by atoms with E-state index in [4.69, 9.17) is 9.47 Å². The van der Waals surface area contributed by atoms with Crippen molar-refractivity contribution in [2.45, 2.75) is 50.7 Å². The van der Waals surface area contributed by atoms with Crippen molar-refractivity contribution in [3.8, 4) is 0 Å². The molecular weight excluding hydrogens is 378 g/mol. The van der Waals surface area contributed by atoms with Crippen LogP contribution in [0, 0.1) is 17.8 Å². The first-order valence-corrected chi connectivity index (χ1v) is 12.0. The van der Waals surface area contributed by atoms with Crippen LogP contribution in [0.5, 0.6) is 0 Å². The molecule has 1 saturated carbocycles. The summed E-state index contributed by atoms with van der Waals surface area (Å²) in [5, 5.41) is 0. The molecule has 1 amide bonds. The first-order chi connectivity index (χ1) is 13.2. The van der Waals surface area contributed by atoms with Crippen LogP contribution in [0.2, 0.25) is 0 Å². The number of carbonyl (C=O) groups is 1. The van der Waals surface area contributed by atoms with Crippen molar-refractivity contribution < 1.29 is 22.7 Å². The van der Waals surface area contributed by atoms with Crippen LogP contribution in [0.1, 0.15) is 38.7 Å². The number of likely N-dealkylation sites (tertiary alicyclic amines) is 1. The zero-order valence-electron chi connectivity index (χ0n) is 17.0. The molecule has 0 radical (unpaired) electrons. The lowest BCUT2D eigenvalue weighted by molar-refractivity contribution is 0.0615. The molecule has 28 heavy (non-hydrogen) atoms. The van der Waals surface area contributed by atoms with E-state index in [-0.39, 0.29) is 12.2 Å². The van der Waals surface area contributed by atoms with Crippen molar-refractivity contribution in [1.29, 1.82) is 0 Å². The van der Waals surface area contributed by atoms with Crippen molar-refractivity contribution in [2.75, 3.05) is 26.0 Å². The van der Waals surface area contributed by atoms with Gasteiger partial charge in [0.1, 0.15) is 0 Å². The van der Waals surface area contributed by atoms with E-state index in [0.29, 0.717) is 29.3 Å². The Morgan fingerprint density at radius 2 is 1.82 bits per heavy atom. The van der Waals surface area contributed by atoms with Crippen LogP contribution in [0.4, 0.5) is 4.79 Å². The van der Waals surface area contributed by atoms with Crippen molar-refractivity contribution in [2.24, 2.45) is 17.8 Å². The van der Waals surface area contributed by atoms with Gasteiger partial charge in [-0.15, -0.1) is 0 Å². The zero-order valence-corrected chi connectivity index (χ0v) is 17.8. The van der Waals surface area contributed by atoms with Crippen LogP contribution < -0.4 is 0 Å². The van der Waals surface area contributed by atoms with Gasteiger partial charge in [-0.3, -0.25) is 0 Å². The maximum absolute atomic E-state index is 12.0. The predicted molar refractivity (Wildman–Crippen MR) is 107 cm³/mol. The maximum atomic E-state index is 12.0. The number of piperidine rings is 1. The summed E-state index contributed by atoms with van der Waals surface area (Å²) in [6.45, 7) is 6.57. The zero-order chi connectivity index (χ0) is 20.3. The highest BCUT2D eigenvalue weighted by molar-refractivity contribution is 7.90. The van der Waals surface area contributed by atoms with Gasteiger partial charge in [0.05, 0.1) is 24.2 Å². The molecule has 1 heterocycles. The number of benzene rings is 1. The van der Waals surface area contributed by atoms with Crippen molar-refractivity contribution in [1.82, 2.24) is 4.90 Å². The minimum Gasteiger partial charge on any atom is -0.447 e. The second-order valence-electron chi connectivity index (χ2n) is 8.35. The molecule has 0 aromatic heterocycles. The van der Waals surface area contributed by atoms with Crippen molar-refractivity contribution in [3.05, 3.63) is 29.8 Å². The van der Waals surface area contributed by atoms with E-state index in [9.17, 15) is 13.2 Å². The van der Waals surface area contributed by atoms with Crippen LogP contribution in [0.25, 0.3) is 0 Å². The summed E-state index contributed by atoms with van der Waals surface area (Å²) in [4.78, 5) is 14.1. The van der Waals surface area contributed by atoms with Gasteiger partial charge in [-0.1, -0.05) is 12.1 Å². The topological polar surface area (TPSA) is 72.9 Å². The third kappa shape index (κ3) is 5.70. The Kier molecular flexibility index (Phi) is 6.65. The number of hydrogen-bond acceptors (Lipinski definition) is 5. The standard InChI is InChI=1S/C21H31NO5S/c1-15(2)27-21(23)22-10-8-17(9-11-22)20-12-18(20)14-26-13-16-4-6-19(7-5-16)28(3,24)25/h4-7,15,17-18,20H,8-14H2,1-3H3. The minimum atomic E-state index is -3.15. The molecule has 7 heteroatoms.